The van der Waals surface area contributed by atoms with Crippen molar-refractivity contribution in [1.82, 2.24) is 15.6 Å². The number of nitrogens with two attached hydrogens (primary N) is 1. The van der Waals surface area contributed by atoms with Crippen LogP contribution in [0.4, 0.5) is 0 Å². The van der Waals surface area contributed by atoms with E-state index in [0.29, 0.717) is 6.04 Å². The molecule has 4 heteroatoms. The van der Waals surface area contributed by atoms with E-state index in [9.17, 15) is 0 Å². The SMILES string of the molecule is CCNC1C(C)NCCN1N. The van der Waals surface area contributed by atoms with Crippen LogP contribution in [0.1, 0.15) is 13.8 Å². The van der Waals surface area contributed by atoms with Crippen LogP contribution < -0.4 is 16.5 Å². The summed E-state index contributed by atoms with van der Waals surface area (Å²) in [6, 6.07) is 0.439. The molecule has 1 aliphatic rings. The quantitative estimate of drug-likeness (QED) is 0.455. The van der Waals surface area contributed by atoms with E-state index in [2.05, 4.69) is 24.5 Å². The van der Waals surface area contributed by atoms with Gasteiger partial charge in [0.1, 0.15) is 0 Å². The zero-order chi connectivity index (χ0) is 8.27. The molecule has 2 atom stereocenters. The third kappa shape index (κ3) is 2.13. The highest BCUT2D eigenvalue weighted by Gasteiger charge is 2.24. The topological polar surface area (TPSA) is 53.3 Å². The maximum atomic E-state index is 5.79. The molecule has 0 bridgehead atoms. The van der Waals surface area contributed by atoms with Crippen LogP contribution in [0.2, 0.25) is 0 Å². The van der Waals surface area contributed by atoms with Crippen molar-refractivity contribution in [1.29, 1.82) is 0 Å². The summed E-state index contributed by atoms with van der Waals surface area (Å²) >= 11 is 0. The van der Waals surface area contributed by atoms with Gasteiger partial charge in [-0.1, -0.05) is 6.92 Å². The molecule has 0 aromatic heterocycles. The first kappa shape index (κ1) is 8.93. The van der Waals surface area contributed by atoms with Gasteiger partial charge in [0, 0.05) is 19.1 Å². The van der Waals surface area contributed by atoms with Crippen molar-refractivity contribution in [3.8, 4) is 0 Å². The summed E-state index contributed by atoms with van der Waals surface area (Å²) in [6.07, 6.45) is 0.286. The fourth-order valence-corrected chi connectivity index (χ4v) is 1.46. The summed E-state index contributed by atoms with van der Waals surface area (Å²) in [7, 11) is 0. The summed E-state index contributed by atoms with van der Waals surface area (Å²) in [5, 5.41) is 8.55. The smallest absolute Gasteiger partial charge is 0.0883 e. The van der Waals surface area contributed by atoms with E-state index in [4.69, 9.17) is 5.84 Å². The second-order valence-electron chi connectivity index (χ2n) is 2.98. The van der Waals surface area contributed by atoms with Crippen LogP contribution >= 0.6 is 0 Å². The van der Waals surface area contributed by atoms with Gasteiger partial charge in [0.2, 0.25) is 0 Å². The first-order valence-electron chi connectivity index (χ1n) is 4.23. The number of hydrogen-bond donors (Lipinski definition) is 3. The minimum atomic E-state index is 0.286. The second kappa shape index (κ2) is 4.01. The van der Waals surface area contributed by atoms with Crippen LogP contribution in [0, 0.1) is 0 Å². The van der Waals surface area contributed by atoms with Crippen LogP contribution in [0.5, 0.6) is 0 Å². The van der Waals surface area contributed by atoms with Crippen molar-refractivity contribution >= 4 is 0 Å². The third-order valence-corrected chi connectivity index (χ3v) is 2.08. The molecule has 1 rings (SSSR count). The number of piperazine rings is 1. The number of nitrogens with zero attached hydrogens (tertiary/aromatic N) is 1. The predicted octanol–water partition coefficient (Wildman–Crippen LogP) is -0.911. The predicted molar refractivity (Wildman–Crippen MR) is 45.8 cm³/mol. The molecule has 11 heavy (non-hydrogen) atoms. The zero-order valence-electron chi connectivity index (χ0n) is 7.30. The maximum Gasteiger partial charge on any atom is 0.0883 e. The molecule has 1 fully saturated rings. The highest BCUT2D eigenvalue weighted by molar-refractivity contribution is 4.81. The normalized spacial score (nSPS) is 34.1. The summed E-state index contributed by atoms with van der Waals surface area (Å²) in [5.41, 5.74) is 0. The van der Waals surface area contributed by atoms with E-state index in [1.54, 1.807) is 0 Å². The van der Waals surface area contributed by atoms with Crippen LogP contribution in [-0.4, -0.2) is 36.9 Å². The second-order valence-corrected chi connectivity index (χ2v) is 2.98. The summed E-state index contributed by atoms with van der Waals surface area (Å²) in [6.45, 7) is 7.10. The Labute approximate surface area is 68.1 Å². The summed E-state index contributed by atoms with van der Waals surface area (Å²) in [4.78, 5) is 0. The van der Waals surface area contributed by atoms with Crippen molar-refractivity contribution in [2.75, 3.05) is 19.6 Å². The zero-order valence-corrected chi connectivity index (χ0v) is 7.30. The Hall–Kier alpha value is -0.160. The van der Waals surface area contributed by atoms with Crippen LogP contribution in [-0.2, 0) is 0 Å². The Balaban J connectivity index is 2.41. The average Bonchev–Trinajstić information content (AvgIpc) is 1.97. The van der Waals surface area contributed by atoms with Gasteiger partial charge >= 0.3 is 0 Å². The molecule has 2 unspecified atom stereocenters. The van der Waals surface area contributed by atoms with E-state index >= 15 is 0 Å². The summed E-state index contributed by atoms with van der Waals surface area (Å²) in [5.74, 6) is 5.79. The molecule has 4 N–H and O–H groups in total. The van der Waals surface area contributed by atoms with Crippen LogP contribution in [0.15, 0.2) is 0 Å². The first-order chi connectivity index (χ1) is 5.25. The van der Waals surface area contributed by atoms with Crippen molar-refractivity contribution in [3.63, 3.8) is 0 Å². The van der Waals surface area contributed by atoms with Gasteiger partial charge in [-0.25, -0.2) is 5.01 Å². The van der Waals surface area contributed by atoms with Crippen molar-refractivity contribution in [2.45, 2.75) is 26.1 Å². The van der Waals surface area contributed by atoms with E-state index in [1.807, 2.05) is 5.01 Å². The maximum absolute atomic E-state index is 5.79. The van der Waals surface area contributed by atoms with Gasteiger partial charge in [-0.3, -0.25) is 11.2 Å². The lowest BCUT2D eigenvalue weighted by atomic mass is 10.2. The molecular formula is C7H18N4. The average molecular weight is 158 g/mol. The standard InChI is InChI=1S/C7H18N4/c1-3-9-7-6(2)10-4-5-11(7)8/h6-7,9-10H,3-5,8H2,1-2H3. The van der Waals surface area contributed by atoms with Gasteiger partial charge < -0.3 is 5.32 Å². The highest BCUT2D eigenvalue weighted by atomic mass is 15.5. The molecule has 4 nitrogen and oxygen atoms in total. The Morgan fingerprint density at radius 1 is 1.73 bits per heavy atom. The van der Waals surface area contributed by atoms with E-state index in [0.717, 1.165) is 19.6 Å². The van der Waals surface area contributed by atoms with Crippen LogP contribution in [0.25, 0.3) is 0 Å². The summed E-state index contributed by atoms with van der Waals surface area (Å²) < 4.78 is 0. The number of rotatable bonds is 2. The van der Waals surface area contributed by atoms with Crippen LogP contribution in [0.3, 0.4) is 0 Å². The molecule has 0 saturated carbocycles. The lowest BCUT2D eigenvalue weighted by molar-refractivity contribution is 0.102. The Kier molecular flexibility index (Phi) is 3.26. The monoisotopic (exact) mass is 158 g/mol. The molecule has 66 valence electrons. The minimum Gasteiger partial charge on any atom is -0.310 e. The Bertz CT molecular complexity index is 107. The van der Waals surface area contributed by atoms with Crippen molar-refractivity contribution in [3.05, 3.63) is 0 Å². The fraction of sp³-hybridized carbons (Fsp3) is 1.00. The highest BCUT2D eigenvalue weighted by Crippen LogP contribution is 2.00. The Morgan fingerprint density at radius 3 is 3.00 bits per heavy atom. The molecule has 1 saturated heterocycles. The number of hydrogen-bond acceptors (Lipinski definition) is 4. The number of likely N-dealkylation sites (N-methyl/N-ethyl adjacent to an activating group) is 1. The largest absolute Gasteiger partial charge is 0.310 e. The van der Waals surface area contributed by atoms with Gasteiger partial charge in [0.05, 0.1) is 6.17 Å². The van der Waals surface area contributed by atoms with Gasteiger partial charge in [-0.15, -0.1) is 0 Å². The van der Waals surface area contributed by atoms with Gasteiger partial charge in [-0.2, -0.15) is 0 Å². The van der Waals surface area contributed by atoms with Gasteiger partial charge in [-0.05, 0) is 13.5 Å². The number of hydrazine groups is 1. The lowest BCUT2D eigenvalue weighted by Crippen LogP contribution is -2.64. The molecule has 0 amide bonds. The molecule has 1 heterocycles. The van der Waals surface area contributed by atoms with Crippen molar-refractivity contribution in [2.24, 2.45) is 5.84 Å². The molecule has 0 aromatic carbocycles. The number of nitrogens with one attached hydrogen (secondary N) is 2. The van der Waals surface area contributed by atoms with E-state index in [1.165, 1.54) is 0 Å². The van der Waals surface area contributed by atoms with Crippen molar-refractivity contribution < 1.29 is 0 Å². The molecular weight excluding hydrogens is 140 g/mol. The Morgan fingerprint density at radius 2 is 2.45 bits per heavy atom. The van der Waals surface area contributed by atoms with Gasteiger partial charge in [0.15, 0.2) is 0 Å². The molecule has 0 spiro atoms. The molecule has 0 radical (unpaired) electrons. The molecule has 0 aromatic rings. The minimum absolute atomic E-state index is 0.286. The molecule has 1 aliphatic heterocycles. The van der Waals surface area contributed by atoms with Gasteiger partial charge in [0.25, 0.3) is 0 Å². The van der Waals surface area contributed by atoms with E-state index in [-0.39, 0.29) is 6.17 Å². The van der Waals surface area contributed by atoms with E-state index < -0.39 is 0 Å². The lowest BCUT2D eigenvalue weighted by Gasteiger charge is -2.37. The first-order valence-corrected chi connectivity index (χ1v) is 4.23. The molecule has 0 aliphatic carbocycles. The fourth-order valence-electron chi connectivity index (χ4n) is 1.46. The third-order valence-electron chi connectivity index (χ3n) is 2.08.